The Morgan fingerprint density at radius 1 is 1.33 bits per heavy atom. The molecule has 0 aliphatic heterocycles. The van der Waals surface area contributed by atoms with Crippen LogP contribution in [-0.4, -0.2) is 35.0 Å². The molecule has 104 valence electrons. The smallest absolute Gasteiger partial charge is 0.326 e. The Morgan fingerprint density at radius 2 is 1.89 bits per heavy atom. The third-order valence-corrected chi connectivity index (χ3v) is 4.02. The molecule has 1 amide bonds. The van der Waals surface area contributed by atoms with Crippen molar-refractivity contribution in [2.45, 2.75) is 53.0 Å². The highest BCUT2D eigenvalue weighted by atomic mass is 16.4. The van der Waals surface area contributed by atoms with Gasteiger partial charge in [0, 0.05) is 13.0 Å². The molecule has 18 heavy (non-hydrogen) atoms. The number of carbonyl (C=O) groups excluding carboxylic acids is 1. The van der Waals surface area contributed by atoms with Crippen LogP contribution in [-0.2, 0) is 9.59 Å². The summed E-state index contributed by atoms with van der Waals surface area (Å²) >= 11 is 0. The highest BCUT2D eigenvalue weighted by molar-refractivity contribution is 5.84. The van der Waals surface area contributed by atoms with Crippen molar-refractivity contribution in [1.82, 2.24) is 4.90 Å². The lowest BCUT2D eigenvalue weighted by Crippen LogP contribution is -2.45. The van der Waals surface area contributed by atoms with Gasteiger partial charge in [-0.05, 0) is 37.5 Å². The van der Waals surface area contributed by atoms with Crippen LogP contribution in [0.1, 0.15) is 47.0 Å². The van der Waals surface area contributed by atoms with E-state index in [0.29, 0.717) is 5.92 Å². The maximum atomic E-state index is 12.3. The SMILES string of the molecule is CC1CC(C(=O)N(C)C(C)C(=O)O)CC(C)(C)C1. The van der Waals surface area contributed by atoms with Gasteiger partial charge in [-0.3, -0.25) is 4.79 Å². The third-order valence-electron chi connectivity index (χ3n) is 4.02. The number of amides is 1. The van der Waals surface area contributed by atoms with E-state index in [-0.39, 0.29) is 17.2 Å². The van der Waals surface area contributed by atoms with Crippen LogP contribution in [0.3, 0.4) is 0 Å². The molecule has 3 unspecified atom stereocenters. The second-order valence-electron chi connectivity index (χ2n) is 6.57. The van der Waals surface area contributed by atoms with Gasteiger partial charge in [-0.15, -0.1) is 0 Å². The molecule has 1 fully saturated rings. The molecule has 1 N–H and O–H groups in total. The number of hydrogen-bond donors (Lipinski definition) is 1. The van der Waals surface area contributed by atoms with Crippen LogP contribution in [0, 0.1) is 17.3 Å². The van der Waals surface area contributed by atoms with Crippen LogP contribution in [0.2, 0.25) is 0 Å². The molecule has 0 aromatic rings. The van der Waals surface area contributed by atoms with Crippen molar-refractivity contribution in [3.05, 3.63) is 0 Å². The number of carboxylic acid groups (broad SMARTS) is 1. The Bertz CT molecular complexity index is 338. The average molecular weight is 255 g/mol. The van der Waals surface area contributed by atoms with Gasteiger partial charge in [-0.2, -0.15) is 0 Å². The molecule has 0 aromatic heterocycles. The van der Waals surface area contributed by atoms with Gasteiger partial charge >= 0.3 is 5.97 Å². The quantitative estimate of drug-likeness (QED) is 0.842. The van der Waals surface area contributed by atoms with E-state index in [1.165, 1.54) is 4.90 Å². The van der Waals surface area contributed by atoms with E-state index >= 15 is 0 Å². The second-order valence-corrected chi connectivity index (χ2v) is 6.57. The van der Waals surface area contributed by atoms with Gasteiger partial charge in [0.05, 0.1) is 0 Å². The number of rotatable bonds is 3. The van der Waals surface area contributed by atoms with Crippen LogP contribution in [0.5, 0.6) is 0 Å². The van der Waals surface area contributed by atoms with E-state index in [4.69, 9.17) is 5.11 Å². The molecular weight excluding hydrogens is 230 g/mol. The second kappa shape index (κ2) is 5.29. The van der Waals surface area contributed by atoms with E-state index in [1.807, 2.05) is 0 Å². The van der Waals surface area contributed by atoms with Crippen molar-refractivity contribution < 1.29 is 14.7 Å². The van der Waals surface area contributed by atoms with Crippen LogP contribution >= 0.6 is 0 Å². The molecule has 0 aromatic carbocycles. The van der Waals surface area contributed by atoms with Gasteiger partial charge in [0.25, 0.3) is 0 Å². The normalized spacial score (nSPS) is 28.5. The molecule has 4 heteroatoms. The third kappa shape index (κ3) is 3.47. The number of carbonyl (C=O) groups is 2. The molecule has 0 spiro atoms. The number of nitrogens with zero attached hydrogens (tertiary/aromatic N) is 1. The van der Waals surface area contributed by atoms with E-state index in [1.54, 1.807) is 14.0 Å². The summed E-state index contributed by atoms with van der Waals surface area (Å²) in [6, 6.07) is -0.752. The molecule has 0 heterocycles. The summed E-state index contributed by atoms with van der Waals surface area (Å²) in [6.45, 7) is 8.09. The van der Waals surface area contributed by atoms with E-state index < -0.39 is 12.0 Å². The summed E-state index contributed by atoms with van der Waals surface area (Å²) in [5, 5.41) is 8.96. The molecule has 4 nitrogen and oxygen atoms in total. The Kier molecular flexibility index (Phi) is 4.41. The molecule has 0 radical (unpaired) electrons. The Balaban J connectivity index is 2.74. The summed E-state index contributed by atoms with van der Waals surface area (Å²) in [7, 11) is 1.59. The maximum Gasteiger partial charge on any atom is 0.326 e. The monoisotopic (exact) mass is 255 g/mol. The van der Waals surface area contributed by atoms with Gasteiger partial charge in [-0.1, -0.05) is 20.8 Å². The molecule has 1 aliphatic rings. The number of hydrogen-bond acceptors (Lipinski definition) is 2. The van der Waals surface area contributed by atoms with Gasteiger partial charge < -0.3 is 10.0 Å². The fourth-order valence-corrected chi connectivity index (χ4v) is 3.18. The fraction of sp³-hybridized carbons (Fsp3) is 0.857. The minimum absolute atomic E-state index is 0.0236. The van der Waals surface area contributed by atoms with Gasteiger partial charge in [-0.25, -0.2) is 4.79 Å². The molecule has 1 rings (SSSR count). The average Bonchev–Trinajstić information content (AvgIpc) is 2.23. The first-order valence-corrected chi connectivity index (χ1v) is 6.63. The van der Waals surface area contributed by atoms with Crippen molar-refractivity contribution in [3.8, 4) is 0 Å². The highest BCUT2D eigenvalue weighted by Gasteiger charge is 2.37. The molecule has 3 atom stereocenters. The number of aliphatic carboxylic acids is 1. The topological polar surface area (TPSA) is 57.6 Å². The van der Waals surface area contributed by atoms with E-state index in [0.717, 1.165) is 19.3 Å². The molecule has 0 bridgehead atoms. The standard InChI is InChI=1S/C14H25NO3/c1-9-6-11(8-14(3,4)7-9)12(16)15(5)10(2)13(17)18/h9-11H,6-8H2,1-5H3,(H,17,18). The molecule has 0 saturated heterocycles. The number of likely N-dealkylation sites (N-methyl/N-ethyl adjacent to an activating group) is 1. The molecular formula is C14H25NO3. The predicted octanol–water partition coefficient (Wildman–Crippen LogP) is 2.38. The minimum Gasteiger partial charge on any atom is -0.480 e. The lowest BCUT2D eigenvalue weighted by Gasteiger charge is -2.40. The van der Waals surface area contributed by atoms with Gasteiger partial charge in [0.1, 0.15) is 6.04 Å². The Labute approximate surface area is 109 Å². The zero-order valence-corrected chi connectivity index (χ0v) is 12.1. The Morgan fingerprint density at radius 3 is 2.33 bits per heavy atom. The minimum atomic E-state index is -0.950. The summed E-state index contributed by atoms with van der Waals surface area (Å²) in [5.41, 5.74) is 0.172. The first kappa shape index (κ1) is 15.0. The van der Waals surface area contributed by atoms with Crippen LogP contribution < -0.4 is 0 Å². The maximum absolute atomic E-state index is 12.3. The van der Waals surface area contributed by atoms with Crippen LogP contribution in [0.4, 0.5) is 0 Å². The van der Waals surface area contributed by atoms with Crippen molar-refractivity contribution in [2.24, 2.45) is 17.3 Å². The van der Waals surface area contributed by atoms with E-state index in [2.05, 4.69) is 20.8 Å². The van der Waals surface area contributed by atoms with Crippen molar-refractivity contribution in [2.75, 3.05) is 7.05 Å². The lowest BCUT2D eigenvalue weighted by molar-refractivity contribution is -0.151. The summed E-state index contributed by atoms with van der Waals surface area (Å²) in [6.07, 6.45) is 2.86. The number of carboxylic acids is 1. The van der Waals surface area contributed by atoms with Gasteiger partial charge in [0.2, 0.25) is 5.91 Å². The molecule has 1 saturated carbocycles. The zero-order chi connectivity index (χ0) is 14.1. The van der Waals surface area contributed by atoms with Gasteiger partial charge in [0.15, 0.2) is 0 Å². The van der Waals surface area contributed by atoms with Crippen LogP contribution in [0.15, 0.2) is 0 Å². The zero-order valence-electron chi connectivity index (χ0n) is 12.1. The van der Waals surface area contributed by atoms with Crippen molar-refractivity contribution in [1.29, 1.82) is 0 Å². The fourth-order valence-electron chi connectivity index (χ4n) is 3.18. The lowest BCUT2D eigenvalue weighted by atomic mass is 9.67. The summed E-state index contributed by atoms with van der Waals surface area (Å²) in [4.78, 5) is 24.6. The molecule has 1 aliphatic carbocycles. The first-order valence-electron chi connectivity index (χ1n) is 6.63. The van der Waals surface area contributed by atoms with Crippen LogP contribution in [0.25, 0.3) is 0 Å². The predicted molar refractivity (Wildman–Crippen MR) is 70.2 cm³/mol. The van der Waals surface area contributed by atoms with Crippen molar-refractivity contribution >= 4 is 11.9 Å². The highest BCUT2D eigenvalue weighted by Crippen LogP contribution is 2.42. The van der Waals surface area contributed by atoms with Crippen molar-refractivity contribution in [3.63, 3.8) is 0 Å². The summed E-state index contributed by atoms with van der Waals surface area (Å²) in [5.74, 6) is -0.481. The van der Waals surface area contributed by atoms with E-state index in [9.17, 15) is 9.59 Å². The Hall–Kier alpha value is -1.06. The first-order chi connectivity index (χ1) is 8.14. The largest absolute Gasteiger partial charge is 0.480 e. The summed E-state index contributed by atoms with van der Waals surface area (Å²) < 4.78 is 0.